The van der Waals surface area contributed by atoms with Gasteiger partial charge in [0.05, 0.1) is 12.1 Å². The van der Waals surface area contributed by atoms with Crippen LogP contribution in [0.15, 0.2) is 29.8 Å². The van der Waals surface area contributed by atoms with E-state index in [9.17, 15) is 14.4 Å². The van der Waals surface area contributed by atoms with Gasteiger partial charge in [-0.3, -0.25) is 9.59 Å². The maximum Gasteiger partial charge on any atom is 0.338 e. The Hall–Kier alpha value is -2.83. The molecule has 0 saturated carbocycles. The molecular formula is C17H20N2O5. The molecule has 0 radical (unpaired) electrons. The molecule has 7 heteroatoms. The molecule has 7 nitrogen and oxygen atoms in total. The zero-order valence-electron chi connectivity index (χ0n) is 13.6. The Morgan fingerprint density at radius 3 is 2.71 bits per heavy atom. The molecule has 24 heavy (non-hydrogen) atoms. The molecule has 1 aliphatic rings. The number of ether oxygens (including phenoxy) is 2. The number of nitrogens with one attached hydrogen (secondary N) is 2. The standard InChI is InChI=1S/C17H20N2O5/c1-11(2)19-15(20)8-18-16(21)10-24-17(22)13-7-12-5-3-4-6-14(12)23-9-13/h3-7,11H,8-10H2,1-2H3,(H,18,21)(H,19,20). The first-order chi connectivity index (χ1) is 11.5. The predicted molar refractivity (Wildman–Crippen MR) is 87.2 cm³/mol. The van der Waals surface area contributed by atoms with Crippen molar-refractivity contribution >= 4 is 23.9 Å². The highest BCUT2D eigenvalue weighted by molar-refractivity contribution is 5.96. The maximum atomic E-state index is 12.0. The first-order valence-electron chi connectivity index (χ1n) is 7.61. The van der Waals surface area contributed by atoms with Crippen molar-refractivity contribution in [3.8, 4) is 5.75 Å². The number of hydrogen-bond donors (Lipinski definition) is 2. The van der Waals surface area contributed by atoms with Crippen molar-refractivity contribution in [1.82, 2.24) is 10.6 Å². The van der Waals surface area contributed by atoms with E-state index < -0.39 is 18.5 Å². The van der Waals surface area contributed by atoms with Crippen molar-refractivity contribution in [3.05, 3.63) is 35.4 Å². The predicted octanol–water partition coefficient (Wildman–Crippen LogP) is 0.646. The van der Waals surface area contributed by atoms with Crippen LogP contribution in [-0.4, -0.2) is 43.6 Å². The summed E-state index contributed by atoms with van der Waals surface area (Å²) in [6.07, 6.45) is 1.68. The highest BCUT2D eigenvalue weighted by atomic mass is 16.5. The number of carbonyl (C=O) groups is 3. The third-order valence-electron chi connectivity index (χ3n) is 3.12. The average molecular weight is 332 g/mol. The van der Waals surface area contributed by atoms with Gasteiger partial charge >= 0.3 is 5.97 Å². The third-order valence-corrected chi connectivity index (χ3v) is 3.12. The molecular weight excluding hydrogens is 312 g/mol. The van der Waals surface area contributed by atoms with Crippen molar-refractivity contribution in [1.29, 1.82) is 0 Å². The first kappa shape index (κ1) is 17.5. The molecule has 0 aliphatic carbocycles. The van der Waals surface area contributed by atoms with Gasteiger partial charge in [0.15, 0.2) is 6.61 Å². The summed E-state index contributed by atoms with van der Waals surface area (Å²) in [5.41, 5.74) is 1.12. The van der Waals surface area contributed by atoms with Crippen LogP contribution in [0.2, 0.25) is 0 Å². The highest BCUT2D eigenvalue weighted by Crippen LogP contribution is 2.25. The number of carbonyl (C=O) groups excluding carboxylic acids is 3. The zero-order valence-corrected chi connectivity index (χ0v) is 13.6. The first-order valence-corrected chi connectivity index (χ1v) is 7.61. The largest absolute Gasteiger partial charge is 0.488 e. The van der Waals surface area contributed by atoms with Gasteiger partial charge < -0.3 is 20.1 Å². The third kappa shape index (κ3) is 5.12. The lowest BCUT2D eigenvalue weighted by Crippen LogP contribution is -2.41. The van der Waals surface area contributed by atoms with Gasteiger partial charge in [-0.2, -0.15) is 0 Å². The molecule has 2 amide bonds. The summed E-state index contributed by atoms with van der Waals surface area (Å²) in [6, 6.07) is 7.30. The van der Waals surface area contributed by atoms with E-state index in [0.29, 0.717) is 11.3 Å². The Morgan fingerprint density at radius 2 is 1.96 bits per heavy atom. The average Bonchev–Trinajstić information content (AvgIpc) is 2.56. The van der Waals surface area contributed by atoms with E-state index in [4.69, 9.17) is 9.47 Å². The van der Waals surface area contributed by atoms with Gasteiger partial charge in [0, 0.05) is 11.6 Å². The molecule has 0 spiro atoms. The van der Waals surface area contributed by atoms with Crippen LogP contribution in [-0.2, 0) is 19.1 Å². The van der Waals surface area contributed by atoms with Crippen LogP contribution >= 0.6 is 0 Å². The second-order valence-corrected chi connectivity index (χ2v) is 5.57. The van der Waals surface area contributed by atoms with E-state index in [1.54, 1.807) is 6.08 Å². The number of para-hydroxylation sites is 1. The lowest BCUT2D eigenvalue weighted by Gasteiger charge is -2.16. The summed E-state index contributed by atoms with van der Waals surface area (Å²) in [4.78, 5) is 35.0. The summed E-state index contributed by atoms with van der Waals surface area (Å²) in [7, 11) is 0. The number of fused-ring (bicyclic) bond motifs is 1. The summed E-state index contributed by atoms with van der Waals surface area (Å²) in [5, 5.41) is 5.02. The van der Waals surface area contributed by atoms with Crippen LogP contribution in [0.25, 0.3) is 6.08 Å². The zero-order chi connectivity index (χ0) is 17.5. The fourth-order valence-corrected chi connectivity index (χ4v) is 2.06. The number of hydrogen-bond acceptors (Lipinski definition) is 5. The van der Waals surface area contributed by atoms with Crippen LogP contribution in [0.4, 0.5) is 0 Å². The van der Waals surface area contributed by atoms with E-state index in [-0.39, 0.29) is 25.1 Å². The van der Waals surface area contributed by atoms with Crippen molar-refractivity contribution in [2.45, 2.75) is 19.9 Å². The van der Waals surface area contributed by atoms with Gasteiger partial charge in [-0.15, -0.1) is 0 Å². The summed E-state index contributed by atoms with van der Waals surface area (Å²) in [6.45, 7) is 3.12. The molecule has 0 unspecified atom stereocenters. The summed E-state index contributed by atoms with van der Waals surface area (Å²) >= 11 is 0. The molecule has 2 rings (SSSR count). The van der Waals surface area contributed by atoms with Gasteiger partial charge in [-0.25, -0.2) is 4.79 Å². The van der Waals surface area contributed by atoms with Crippen LogP contribution in [0.5, 0.6) is 5.75 Å². The van der Waals surface area contributed by atoms with Crippen LogP contribution in [0, 0.1) is 0 Å². The number of benzene rings is 1. The Labute approximate surface area is 140 Å². The molecule has 0 saturated heterocycles. The minimum Gasteiger partial charge on any atom is -0.488 e. The number of esters is 1. The quantitative estimate of drug-likeness (QED) is 0.746. The molecule has 128 valence electrons. The molecule has 1 aromatic rings. The molecule has 0 aromatic heterocycles. The SMILES string of the molecule is CC(C)NC(=O)CNC(=O)COC(=O)C1=Cc2ccccc2OC1. The van der Waals surface area contributed by atoms with E-state index in [1.807, 2.05) is 38.1 Å². The van der Waals surface area contributed by atoms with E-state index in [1.165, 1.54) is 0 Å². The molecule has 0 atom stereocenters. The molecule has 2 N–H and O–H groups in total. The van der Waals surface area contributed by atoms with Crippen molar-refractivity contribution in [3.63, 3.8) is 0 Å². The number of rotatable bonds is 6. The van der Waals surface area contributed by atoms with E-state index in [0.717, 1.165) is 5.56 Å². The summed E-state index contributed by atoms with van der Waals surface area (Å²) < 4.78 is 10.4. The summed E-state index contributed by atoms with van der Waals surface area (Å²) in [5.74, 6) is -0.765. The lowest BCUT2D eigenvalue weighted by atomic mass is 10.1. The molecule has 0 bridgehead atoms. The Balaban J connectivity index is 1.78. The Bertz CT molecular complexity index is 667. The van der Waals surface area contributed by atoms with Gasteiger partial charge in [-0.1, -0.05) is 18.2 Å². The highest BCUT2D eigenvalue weighted by Gasteiger charge is 2.19. The second-order valence-electron chi connectivity index (χ2n) is 5.57. The van der Waals surface area contributed by atoms with Crippen molar-refractivity contribution in [2.24, 2.45) is 0 Å². The lowest BCUT2D eigenvalue weighted by molar-refractivity contribution is -0.145. The van der Waals surface area contributed by atoms with Crippen molar-refractivity contribution < 1.29 is 23.9 Å². The molecule has 1 aromatic carbocycles. The topological polar surface area (TPSA) is 93.7 Å². The smallest absolute Gasteiger partial charge is 0.338 e. The van der Waals surface area contributed by atoms with Gasteiger partial charge in [0.25, 0.3) is 5.91 Å². The fourth-order valence-electron chi connectivity index (χ4n) is 2.06. The maximum absolute atomic E-state index is 12.0. The van der Waals surface area contributed by atoms with Gasteiger partial charge in [-0.05, 0) is 26.0 Å². The Morgan fingerprint density at radius 1 is 1.21 bits per heavy atom. The van der Waals surface area contributed by atoms with Crippen molar-refractivity contribution in [2.75, 3.05) is 19.8 Å². The van der Waals surface area contributed by atoms with E-state index in [2.05, 4.69) is 10.6 Å². The minimum atomic E-state index is -0.619. The molecule has 1 aliphatic heterocycles. The normalized spacial score (nSPS) is 12.5. The van der Waals surface area contributed by atoms with E-state index >= 15 is 0 Å². The number of amides is 2. The second kappa shape index (κ2) is 8.14. The Kier molecular flexibility index (Phi) is 5.95. The monoisotopic (exact) mass is 332 g/mol. The molecule has 0 fully saturated rings. The minimum absolute atomic E-state index is 0.00616. The van der Waals surface area contributed by atoms with Crippen LogP contribution < -0.4 is 15.4 Å². The van der Waals surface area contributed by atoms with Crippen LogP contribution in [0.3, 0.4) is 0 Å². The van der Waals surface area contributed by atoms with Gasteiger partial charge in [0.1, 0.15) is 12.4 Å². The van der Waals surface area contributed by atoms with Crippen LogP contribution in [0.1, 0.15) is 19.4 Å². The molecule has 1 heterocycles. The fraction of sp³-hybridized carbons (Fsp3) is 0.353. The van der Waals surface area contributed by atoms with Gasteiger partial charge in [0.2, 0.25) is 5.91 Å².